The van der Waals surface area contributed by atoms with Crippen molar-refractivity contribution in [3.05, 3.63) is 35.9 Å². The van der Waals surface area contributed by atoms with Crippen LogP contribution in [-0.2, 0) is 0 Å². The van der Waals surface area contributed by atoms with Gasteiger partial charge in [0, 0.05) is 6.04 Å². The average Bonchev–Trinajstić information content (AvgIpc) is 2.36. The first-order valence-electron chi connectivity index (χ1n) is 6.46. The molecule has 2 unspecified atom stereocenters. The zero-order valence-electron chi connectivity index (χ0n) is 11.0. The standard InChI is InChI=1S/C15H25N/c1-5-13(6-2)15(16-4)12(3)14-10-8-7-9-11-14/h7-13,15-16H,5-6H2,1-4H3. The van der Waals surface area contributed by atoms with E-state index in [-0.39, 0.29) is 0 Å². The molecule has 0 radical (unpaired) electrons. The van der Waals surface area contributed by atoms with Crippen LogP contribution in [-0.4, -0.2) is 13.1 Å². The maximum absolute atomic E-state index is 3.50. The van der Waals surface area contributed by atoms with Crippen molar-refractivity contribution in [3.8, 4) is 0 Å². The van der Waals surface area contributed by atoms with Crippen molar-refractivity contribution in [1.82, 2.24) is 5.32 Å². The number of likely N-dealkylation sites (N-methyl/N-ethyl adjacent to an activating group) is 1. The Morgan fingerprint density at radius 1 is 1.06 bits per heavy atom. The van der Waals surface area contributed by atoms with Crippen molar-refractivity contribution in [2.75, 3.05) is 7.05 Å². The third-order valence-corrected chi connectivity index (χ3v) is 3.75. The second kappa shape index (κ2) is 6.70. The van der Waals surface area contributed by atoms with Gasteiger partial charge in [0.2, 0.25) is 0 Å². The van der Waals surface area contributed by atoms with Crippen molar-refractivity contribution in [2.24, 2.45) is 5.92 Å². The maximum atomic E-state index is 3.50. The average molecular weight is 219 g/mol. The Kier molecular flexibility index (Phi) is 5.54. The summed E-state index contributed by atoms with van der Waals surface area (Å²) in [5.41, 5.74) is 1.44. The van der Waals surface area contributed by atoms with Gasteiger partial charge >= 0.3 is 0 Å². The Morgan fingerprint density at radius 2 is 1.62 bits per heavy atom. The van der Waals surface area contributed by atoms with Gasteiger partial charge in [0.05, 0.1) is 0 Å². The molecule has 0 aromatic heterocycles. The lowest BCUT2D eigenvalue weighted by Gasteiger charge is -2.31. The molecule has 1 rings (SSSR count). The van der Waals surface area contributed by atoms with Crippen molar-refractivity contribution < 1.29 is 0 Å². The van der Waals surface area contributed by atoms with Crippen LogP contribution in [0.4, 0.5) is 0 Å². The molecule has 2 atom stereocenters. The van der Waals surface area contributed by atoms with Crippen LogP contribution in [0.15, 0.2) is 30.3 Å². The Balaban J connectivity index is 2.80. The monoisotopic (exact) mass is 219 g/mol. The molecule has 0 bridgehead atoms. The molecule has 1 aromatic rings. The van der Waals surface area contributed by atoms with E-state index in [2.05, 4.69) is 63.5 Å². The Labute approximate surface area is 100 Å². The van der Waals surface area contributed by atoms with Gasteiger partial charge in [-0.15, -0.1) is 0 Å². The number of nitrogens with one attached hydrogen (secondary N) is 1. The quantitative estimate of drug-likeness (QED) is 0.767. The second-order valence-corrected chi connectivity index (χ2v) is 4.59. The topological polar surface area (TPSA) is 12.0 Å². The molecule has 0 saturated heterocycles. The molecule has 0 aliphatic carbocycles. The van der Waals surface area contributed by atoms with Gasteiger partial charge in [0.25, 0.3) is 0 Å². The van der Waals surface area contributed by atoms with Gasteiger partial charge in [-0.25, -0.2) is 0 Å². The number of benzene rings is 1. The van der Waals surface area contributed by atoms with Gasteiger partial charge in [0.1, 0.15) is 0 Å². The first kappa shape index (κ1) is 13.2. The molecule has 0 heterocycles. The van der Waals surface area contributed by atoms with E-state index in [1.807, 2.05) is 0 Å². The molecule has 1 nitrogen and oxygen atoms in total. The lowest BCUT2D eigenvalue weighted by Crippen LogP contribution is -2.37. The minimum Gasteiger partial charge on any atom is -0.316 e. The molecule has 0 aliphatic heterocycles. The van der Waals surface area contributed by atoms with Crippen LogP contribution in [0.1, 0.15) is 45.1 Å². The summed E-state index contributed by atoms with van der Waals surface area (Å²) >= 11 is 0. The molecule has 1 aromatic carbocycles. The summed E-state index contributed by atoms with van der Waals surface area (Å²) in [7, 11) is 2.09. The largest absolute Gasteiger partial charge is 0.316 e. The number of hydrogen-bond acceptors (Lipinski definition) is 1. The van der Waals surface area contributed by atoms with E-state index in [0.717, 1.165) is 5.92 Å². The fraction of sp³-hybridized carbons (Fsp3) is 0.600. The van der Waals surface area contributed by atoms with E-state index in [4.69, 9.17) is 0 Å². The summed E-state index contributed by atoms with van der Waals surface area (Å²) in [4.78, 5) is 0. The highest BCUT2D eigenvalue weighted by Gasteiger charge is 2.23. The van der Waals surface area contributed by atoms with E-state index >= 15 is 0 Å². The van der Waals surface area contributed by atoms with Gasteiger partial charge in [0.15, 0.2) is 0 Å². The number of hydrogen-bond donors (Lipinski definition) is 1. The molecule has 1 heteroatoms. The molecular formula is C15H25N. The van der Waals surface area contributed by atoms with E-state index in [0.29, 0.717) is 12.0 Å². The Morgan fingerprint density at radius 3 is 2.06 bits per heavy atom. The minimum absolute atomic E-state index is 0.580. The highest BCUT2D eigenvalue weighted by Crippen LogP contribution is 2.27. The normalized spacial score (nSPS) is 15.1. The first-order valence-corrected chi connectivity index (χ1v) is 6.46. The van der Waals surface area contributed by atoms with E-state index in [9.17, 15) is 0 Å². The lowest BCUT2D eigenvalue weighted by molar-refractivity contribution is 0.314. The van der Waals surface area contributed by atoms with Crippen molar-refractivity contribution in [2.45, 2.75) is 45.6 Å². The highest BCUT2D eigenvalue weighted by molar-refractivity contribution is 5.20. The summed E-state index contributed by atoms with van der Waals surface area (Å²) in [5, 5.41) is 3.50. The molecule has 0 amide bonds. The van der Waals surface area contributed by atoms with Crippen LogP contribution >= 0.6 is 0 Å². The Bertz CT molecular complexity index is 277. The lowest BCUT2D eigenvalue weighted by atomic mass is 9.82. The molecule has 0 saturated carbocycles. The van der Waals surface area contributed by atoms with Gasteiger partial charge < -0.3 is 5.32 Å². The molecule has 16 heavy (non-hydrogen) atoms. The van der Waals surface area contributed by atoms with Crippen LogP contribution < -0.4 is 5.32 Å². The molecule has 1 N–H and O–H groups in total. The molecular weight excluding hydrogens is 194 g/mol. The van der Waals surface area contributed by atoms with E-state index < -0.39 is 0 Å². The second-order valence-electron chi connectivity index (χ2n) is 4.59. The molecule has 0 fully saturated rings. The Hall–Kier alpha value is -0.820. The highest BCUT2D eigenvalue weighted by atomic mass is 14.9. The summed E-state index contributed by atoms with van der Waals surface area (Å²) < 4.78 is 0. The van der Waals surface area contributed by atoms with Gasteiger partial charge in [-0.1, -0.05) is 63.9 Å². The molecule has 0 spiro atoms. The summed E-state index contributed by atoms with van der Waals surface area (Å²) in [5.74, 6) is 1.34. The zero-order chi connectivity index (χ0) is 12.0. The van der Waals surface area contributed by atoms with Crippen LogP contribution in [0.5, 0.6) is 0 Å². The van der Waals surface area contributed by atoms with E-state index in [1.165, 1.54) is 18.4 Å². The van der Waals surface area contributed by atoms with Crippen LogP contribution in [0.2, 0.25) is 0 Å². The molecule has 0 aliphatic rings. The van der Waals surface area contributed by atoms with Gasteiger partial charge in [-0.2, -0.15) is 0 Å². The maximum Gasteiger partial charge on any atom is 0.0158 e. The predicted octanol–water partition coefficient (Wildman–Crippen LogP) is 3.81. The fourth-order valence-corrected chi connectivity index (χ4v) is 2.65. The van der Waals surface area contributed by atoms with Gasteiger partial charge in [-0.3, -0.25) is 0 Å². The van der Waals surface area contributed by atoms with Gasteiger partial charge in [-0.05, 0) is 24.4 Å². The van der Waals surface area contributed by atoms with Crippen molar-refractivity contribution in [1.29, 1.82) is 0 Å². The predicted molar refractivity (Wildman–Crippen MR) is 71.8 cm³/mol. The third kappa shape index (κ3) is 3.08. The number of rotatable bonds is 6. The van der Waals surface area contributed by atoms with Crippen molar-refractivity contribution in [3.63, 3.8) is 0 Å². The zero-order valence-corrected chi connectivity index (χ0v) is 11.0. The smallest absolute Gasteiger partial charge is 0.0158 e. The van der Waals surface area contributed by atoms with Crippen molar-refractivity contribution >= 4 is 0 Å². The first-order chi connectivity index (χ1) is 7.74. The SMILES string of the molecule is CCC(CC)C(NC)C(C)c1ccccc1. The minimum atomic E-state index is 0.580. The fourth-order valence-electron chi connectivity index (χ4n) is 2.65. The van der Waals surface area contributed by atoms with Crippen LogP contribution in [0, 0.1) is 5.92 Å². The summed E-state index contributed by atoms with van der Waals surface area (Å²) in [6.45, 7) is 6.90. The molecule has 90 valence electrons. The van der Waals surface area contributed by atoms with Crippen LogP contribution in [0.25, 0.3) is 0 Å². The van der Waals surface area contributed by atoms with E-state index in [1.54, 1.807) is 0 Å². The summed E-state index contributed by atoms with van der Waals surface area (Å²) in [6, 6.07) is 11.4. The summed E-state index contributed by atoms with van der Waals surface area (Å²) in [6.07, 6.45) is 2.50. The van der Waals surface area contributed by atoms with Crippen LogP contribution in [0.3, 0.4) is 0 Å². The third-order valence-electron chi connectivity index (χ3n) is 3.75.